The minimum atomic E-state index is 0. The van der Waals surface area contributed by atoms with Gasteiger partial charge in [0.15, 0.2) is 11.5 Å². The summed E-state index contributed by atoms with van der Waals surface area (Å²) >= 11 is 0. The molecular formula is C18H29ClN2O3. The van der Waals surface area contributed by atoms with Crippen molar-refractivity contribution in [2.24, 2.45) is 0 Å². The number of amides is 1. The molecule has 2 rings (SSSR count). The monoisotopic (exact) mass is 356 g/mol. The lowest BCUT2D eigenvalue weighted by molar-refractivity contribution is 0.0736. The highest BCUT2D eigenvalue weighted by Gasteiger charge is 2.29. The maximum Gasteiger partial charge on any atom is 0.254 e. The molecule has 0 spiro atoms. The average molecular weight is 357 g/mol. The average Bonchev–Trinajstić information content (AvgIpc) is 3.03. The fourth-order valence-corrected chi connectivity index (χ4v) is 2.96. The highest BCUT2D eigenvalue weighted by Crippen LogP contribution is 2.30. The van der Waals surface area contributed by atoms with E-state index in [-0.39, 0.29) is 24.4 Å². The molecule has 1 aromatic rings. The molecule has 1 aliphatic heterocycles. The molecule has 1 atom stereocenters. The van der Waals surface area contributed by atoms with Crippen molar-refractivity contribution in [3.8, 4) is 11.5 Å². The van der Waals surface area contributed by atoms with Crippen molar-refractivity contribution in [1.29, 1.82) is 0 Å². The maximum absolute atomic E-state index is 12.8. The van der Waals surface area contributed by atoms with Gasteiger partial charge in [-0.2, -0.15) is 0 Å². The third kappa shape index (κ3) is 5.02. The van der Waals surface area contributed by atoms with Gasteiger partial charge in [-0.1, -0.05) is 13.3 Å². The van der Waals surface area contributed by atoms with Crippen LogP contribution in [0, 0.1) is 0 Å². The van der Waals surface area contributed by atoms with Crippen LogP contribution in [0.15, 0.2) is 18.2 Å². The van der Waals surface area contributed by atoms with Crippen molar-refractivity contribution in [2.75, 3.05) is 33.9 Å². The van der Waals surface area contributed by atoms with E-state index < -0.39 is 0 Å². The first-order chi connectivity index (χ1) is 11.2. The number of benzene rings is 1. The second kappa shape index (κ2) is 10.4. The molecule has 1 amide bonds. The number of methoxy groups -OCH3 is 1. The normalized spacial score (nSPS) is 16.6. The number of nitrogens with one attached hydrogen (secondary N) is 1. The zero-order chi connectivity index (χ0) is 16.7. The van der Waals surface area contributed by atoms with Gasteiger partial charge in [0, 0.05) is 24.7 Å². The van der Waals surface area contributed by atoms with Gasteiger partial charge < -0.3 is 19.7 Å². The molecule has 5 nitrogen and oxygen atoms in total. The fourth-order valence-electron chi connectivity index (χ4n) is 2.96. The lowest BCUT2D eigenvalue weighted by Gasteiger charge is -2.25. The summed E-state index contributed by atoms with van der Waals surface area (Å²) in [7, 11) is 3.53. The zero-order valence-corrected chi connectivity index (χ0v) is 15.7. The first-order valence-electron chi connectivity index (χ1n) is 8.47. The van der Waals surface area contributed by atoms with E-state index in [0.29, 0.717) is 23.7 Å². The van der Waals surface area contributed by atoms with Crippen LogP contribution in [0.1, 0.15) is 43.0 Å². The van der Waals surface area contributed by atoms with Crippen LogP contribution in [-0.4, -0.2) is 50.7 Å². The van der Waals surface area contributed by atoms with Crippen LogP contribution < -0.4 is 14.8 Å². The number of hydrogen-bond donors (Lipinski definition) is 1. The number of rotatable bonds is 8. The van der Waals surface area contributed by atoms with Crippen LogP contribution in [0.3, 0.4) is 0 Å². The molecule has 1 aromatic carbocycles. The Morgan fingerprint density at radius 1 is 1.38 bits per heavy atom. The Morgan fingerprint density at radius 2 is 2.17 bits per heavy atom. The van der Waals surface area contributed by atoms with E-state index in [9.17, 15) is 4.79 Å². The van der Waals surface area contributed by atoms with Gasteiger partial charge in [-0.05, 0) is 44.5 Å². The van der Waals surface area contributed by atoms with E-state index in [0.717, 1.165) is 38.8 Å². The van der Waals surface area contributed by atoms with E-state index in [4.69, 9.17) is 9.47 Å². The SMILES string of the molecule is CCCCOc1ccc(C(=O)N2CCCC2CNC)cc1OC.Cl. The molecular weight excluding hydrogens is 328 g/mol. The number of carbonyl (C=O) groups excluding carboxylic acids is 1. The molecule has 1 unspecified atom stereocenters. The Morgan fingerprint density at radius 3 is 2.83 bits per heavy atom. The van der Waals surface area contributed by atoms with E-state index in [2.05, 4.69) is 12.2 Å². The largest absolute Gasteiger partial charge is 0.493 e. The number of ether oxygens (including phenoxy) is 2. The van der Waals surface area contributed by atoms with Crippen LogP contribution in [0.2, 0.25) is 0 Å². The van der Waals surface area contributed by atoms with Gasteiger partial charge in [0.2, 0.25) is 0 Å². The number of hydrogen-bond acceptors (Lipinski definition) is 4. The molecule has 0 radical (unpaired) electrons. The Balaban J connectivity index is 0.00000288. The molecule has 0 aromatic heterocycles. The topological polar surface area (TPSA) is 50.8 Å². The van der Waals surface area contributed by atoms with Crippen LogP contribution in [0.25, 0.3) is 0 Å². The fraction of sp³-hybridized carbons (Fsp3) is 0.611. The maximum atomic E-state index is 12.8. The standard InChI is InChI=1S/C18H28N2O3.ClH/c1-4-5-11-23-16-9-8-14(12-17(16)22-3)18(21)20-10-6-7-15(20)13-19-2;/h8-9,12,15,19H,4-7,10-11,13H2,1-3H3;1H. The van der Waals surface area contributed by atoms with Crippen molar-refractivity contribution >= 4 is 18.3 Å². The van der Waals surface area contributed by atoms with Gasteiger partial charge >= 0.3 is 0 Å². The van der Waals surface area contributed by atoms with E-state index >= 15 is 0 Å². The second-order valence-corrected chi connectivity index (χ2v) is 5.92. The number of carbonyl (C=O) groups is 1. The summed E-state index contributed by atoms with van der Waals surface area (Å²) in [6.45, 7) is 4.44. The molecule has 1 saturated heterocycles. The van der Waals surface area contributed by atoms with Crippen LogP contribution in [0.4, 0.5) is 0 Å². The minimum Gasteiger partial charge on any atom is -0.493 e. The summed E-state index contributed by atoms with van der Waals surface area (Å²) in [5, 5.41) is 3.17. The van der Waals surface area contributed by atoms with Crippen LogP contribution in [-0.2, 0) is 0 Å². The van der Waals surface area contributed by atoms with Gasteiger partial charge in [-0.25, -0.2) is 0 Å². The molecule has 0 bridgehead atoms. The van der Waals surface area contributed by atoms with Crippen molar-refractivity contribution in [3.05, 3.63) is 23.8 Å². The van der Waals surface area contributed by atoms with Gasteiger partial charge in [-0.3, -0.25) is 4.79 Å². The van der Waals surface area contributed by atoms with Gasteiger partial charge in [-0.15, -0.1) is 12.4 Å². The third-order valence-corrected chi connectivity index (χ3v) is 4.24. The lowest BCUT2D eigenvalue weighted by atomic mass is 10.1. The van der Waals surface area contributed by atoms with E-state index in [1.807, 2.05) is 24.1 Å². The quantitative estimate of drug-likeness (QED) is 0.727. The van der Waals surface area contributed by atoms with Crippen molar-refractivity contribution in [1.82, 2.24) is 10.2 Å². The van der Waals surface area contributed by atoms with Gasteiger partial charge in [0.25, 0.3) is 5.91 Å². The summed E-state index contributed by atoms with van der Waals surface area (Å²) in [6.07, 6.45) is 4.21. The molecule has 6 heteroatoms. The predicted octanol–water partition coefficient (Wildman–Crippen LogP) is 3.12. The minimum absolute atomic E-state index is 0. The summed E-state index contributed by atoms with van der Waals surface area (Å²) in [4.78, 5) is 14.7. The number of likely N-dealkylation sites (N-methyl/N-ethyl adjacent to an activating group) is 1. The highest BCUT2D eigenvalue weighted by molar-refractivity contribution is 5.95. The molecule has 1 aliphatic rings. The summed E-state index contributed by atoms with van der Waals surface area (Å²) < 4.78 is 11.1. The predicted molar refractivity (Wildman–Crippen MR) is 98.6 cm³/mol. The molecule has 0 aliphatic carbocycles. The second-order valence-electron chi connectivity index (χ2n) is 5.92. The Hall–Kier alpha value is -1.46. The summed E-state index contributed by atoms with van der Waals surface area (Å²) in [5.74, 6) is 1.39. The number of nitrogens with zero attached hydrogens (tertiary/aromatic N) is 1. The highest BCUT2D eigenvalue weighted by atomic mass is 35.5. The molecule has 136 valence electrons. The number of halogens is 1. The first-order valence-corrected chi connectivity index (χ1v) is 8.47. The molecule has 1 fully saturated rings. The van der Waals surface area contributed by atoms with Crippen LogP contribution >= 0.6 is 12.4 Å². The summed E-state index contributed by atoms with van der Waals surface area (Å²) in [6, 6.07) is 5.74. The van der Waals surface area contributed by atoms with E-state index in [1.54, 1.807) is 13.2 Å². The zero-order valence-electron chi connectivity index (χ0n) is 14.8. The van der Waals surface area contributed by atoms with Gasteiger partial charge in [0.1, 0.15) is 0 Å². The third-order valence-electron chi connectivity index (χ3n) is 4.24. The lowest BCUT2D eigenvalue weighted by Crippen LogP contribution is -2.40. The summed E-state index contributed by atoms with van der Waals surface area (Å²) in [5.41, 5.74) is 0.660. The molecule has 0 saturated carbocycles. The van der Waals surface area contributed by atoms with E-state index in [1.165, 1.54) is 0 Å². The smallest absolute Gasteiger partial charge is 0.254 e. The molecule has 24 heavy (non-hydrogen) atoms. The Bertz CT molecular complexity index is 525. The van der Waals surface area contributed by atoms with Crippen molar-refractivity contribution in [2.45, 2.75) is 38.6 Å². The first kappa shape index (κ1) is 20.6. The number of unbranched alkanes of at least 4 members (excludes halogenated alkanes) is 1. The van der Waals surface area contributed by atoms with Gasteiger partial charge in [0.05, 0.1) is 13.7 Å². The number of likely N-dealkylation sites (tertiary alicyclic amines) is 1. The van der Waals surface area contributed by atoms with Crippen molar-refractivity contribution < 1.29 is 14.3 Å². The molecule has 1 N–H and O–H groups in total. The van der Waals surface area contributed by atoms with Crippen molar-refractivity contribution in [3.63, 3.8) is 0 Å². The Kier molecular flexibility index (Phi) is 8.93. The molecule has 1 heterocycles. The Labute approximate surface area is 151 Å². The van der Waals surface area contributed by atoms with Crippen LogP contribution in [0.5, 0.6) is 11.5 Å².